The van der Waals surface area contributed by atoms with Gasteiger partial charge in [-0.15, -0.1) is 0 Å². The van der Waals surface area contributed by atoms with Crippen LogP contribution in [0.5, 0.6) is 11.5 Å². The van der Waals surface area contributed by atoms with E-state index < -0.39 is 6.10 Å². The molecule has 4 heteroatoms. The Morgan fingerprint density at radius 2 is 2.07 bits per heavy atom. The second-order valence-corrected chi connectivity index (χ2v) is 9.71. The van der Waals surface area contributed by atoms with Gasteiger partial charge in [-0.05, 0) is 63.1 Å². The van der Waals surface area contributed by atoms with Gasteiger partial charge in [0.1, 0.15) is 0 Å². The number of hydrogen-bond acceptors (Lipinski definition) is 4. The van der Waals surface area contributed by atoms with E-state index in [9.17, 15) is 4.79 Å². The van der Waals surface area contributed by atoms with E-state index in [4.69, 9.17) is 10.8 Å². The van der Waals surface area contributed by atoms with E-state index in [0.717, 1.165) is 28.9 Å². The Balaban J connectivity index is 1.95. The number of Topliss-reactive ketones (excluding diaryl/α,β-unsaturated/α-hetero) is 1. The lowest BCUT2D eigenvalue weighted by Gasteiger charge is -2.67. The minimum absolute atomic E-state index is 0.0751. The van der Waals surface area contributed by atoms with Gasteiger partial charge in [-0.3, -0.25) is 9.69 Å². The van der Waals surface area contributed by atoms with Gasteiger partial charge in [0.05, 0.1) is 13.9 Å². The molecule has 1 saturated carbocycles. The summed E-state index contributed by atoms with van der Waals surface area (Å²) >= 11 is 0. The van der Waals surface area contributed by atoms with Crippen molar-refractivity contribution in [3.63, 3.8) is 0 Å². The predicted octanol–water partition coefficient (Wildman–Crippen LogP) is 3.83. The van der Waals surface area contributed by atoms with E-state index in [1.54, 1.807) is 7.11 Å². The molecule has 6 atom stereocenters. The number of ketones is 1. The molecule has 4 nitrogen and oxygen atoms in total. The lowest BCUT2D eigenvalue weighted by molar-refractivity contribution is -0.161. The topological polar surface area (TPSA) is 38.8 Å². The number of hydrogen-bond donors (Lipinski definition) is 0. The summed E-state index contributed by atoms with van der Waals surface area (Å²) in [6.45, 7) is 11.1. The van der Waals surface area contributed by atoms with Crippen molar-refractivity contribution < 1.29 is 15.6 Å². The van der Waals surface area contributed by atoms with Crippen LogP contribution in [0.15, 0.2) is 6.04 Å². The highest BCUT2D eigenvalue weighted by Gasteiger charge is 2.72. The van der Waals surface area contributed by atoms with Gasteiger partial charge >= 0.3 is 0 Å². The number of carbonyl (C=O) groups excluding carboxylic acids is 1. The van der Waals surface area contributed by atoms with E-state index in [-0.39, 0.29) is 28.6 Å². The minimum atomic E-state index is -0.451. The number of nitrogens with zero attached hydrogens (tertiary/aromatic N) is 1. The smallest absolute Gasteiger partial charge is 0.174 e. The van der Waals surface area contributed by atoms with Crippen LogP contribution < -0.4 is 9.47 Å². The number of likely N-dealkylation sites (N-methyl/N-ethyl adjacent to an activating group) is 1. The largest absolute Gasteiger partial charge is 0.493 e. The molecule has 1 aromatic rings. The molecular formula is C23H31NO3. The Labute approximate surface area is 163 Å². The van der Waals surface area contributed by atoms with Crippen LogP contribution >= 0.6 is 0 Å². The summed E-state index contributed by atoms with van der Waals surface area (Å²) in [6, 6.07) is 0.870. The normalized spacial score (nSPS) is 41.7. The molecule has 0 N–H and O–H groups in total. The molecule has 2 fully saturated rings. The fraction of sp³-hybridized carbons (Fsp3) is 0.696. The number of methoxy groups -OCH3 is 1. The summed E-state index contributed by atoms with van der Waals surface area (Å²) < 4.78 is 21.2. The molecule has 0 amide bonds. The molecule has 5 rings (SSSR count). The highest BCUT2D eigenvalue weighted by Crippen LogP contribution is 2.69. The van der Waals surface area contributed by atoms with Crippen molar-refractivity contribution in [3.8, 4) is 11.5 Å². The average Bonchev–Trinajstić information content (AvgIpc) is 3.00. The Morgan fingerprint density at radius 1 is 1.37 bits per heavy atom. The number of ether oxygens (including phenoxy) is 2. The maximum Gasteiger partial charge on any atom is 0.174 e. The molecule has 2 aliphatic heterocycles. The minimum Gasteiger partial charge on any atom is -0.493 e. The molecule has 0 radical (unpaired) electrons. The highest BCUT2D eigenvalue weighted by atomic mass is 16.5. The van der Waals surface area contributed by atoms with E-state index in [1.165, 1.54) is 0 Å². The number of carbonyl (C=O) groups is 1. The van der Waals surface area contributed by atoms with Crippen LogP contribution in [0.3, 0.4) is 0 Å². The monoisotopic (exact) mass is 370 g/mol. The lowest BCUT2D eigenvalue weighted by atomic mass is 9.43. The Hall–Kier alpha value is -1.55. The van der Waals surface area contributed by atoms with Crippen LogP contribution in [-0.4, -0.2) is 42.5 Å². The van der Waals surface area contributed by atoms with Crippen molar-refractivity contribution in [1.82, 2.24) is 4.90 Å². The van der Waals surface area contributed by atoms with Crippen molar-refractivity contribution >= 4 is 5.78 Å². The second kappa shape index (κ2) is 5.08. The van der Waals surface area contributed by atoms with E-state index in [0.29, 0.717) is 30.2 Å². The predicted molar refractivity (Wildman–Crippen MR) is 105 cm³/mol. The number of likely N-dealkylation sites (tertiary alicyclic amines) is 1. The molecule has 2 bridgehead atoms. The standard InChI is InChI=1S/C23H31NO3/c1-11-10-14-12(2)18-15-8-9-16(25)21-23(15,13(3)22(4,5)24(18)6)17(14)20(27-21)19(11)26-7/h10,12-13,15,18,21H,8-9H2,1-7H3/t12?,13?,15-,18+,21-,23-/m0/s1/i10D. The molecule has 4 aliphatic rings. The zero-order valence-electron chi connectivity index (χ0n) is 18.5. The van der Waals surface area contributed by atoms with E-state index in [2.05, 4.69) is 39.6 Å². The molecule has 2 unspecified atom stereocenters. The number of piperidine rings is 1. The summed E-state index contributed by atoms with van der Waals surface area (Å²) in [6.07, 6.45) is 1.04. The van der Waals surface area contributed by atoms with Gasteiger partial charge < -0.3 is 9.47 Å². The Morgan fingerprint density at radius 3 is 2.74 bits per heavy atom. The first-order valence-electron chi connectivity index (χ1n) is 10.8. The fourth-order valence-electron chi connectivity index (χ4n) is 7.20. The summed E-state index contributed by atoms with van der Waals surface area (Å²) in [5, 5.41) is 0. The summed E-state index contributed by atoms with van der Waals surface area (Å²) in [7, 11) is 3.88. The van der Waals surface area contributed by atoms with Gasteiger partial charge in [0.2, 0.25) is 0 Å². The van der Waals surface area contributed by atoms with Crippen molar-refractivity contribution in [2.75, 3.05) is 14.2 Å². The summed E-state index contributed by atoms with van der Waals surface area (Å²) in [4.78, 5) is 15.7. The van der Waals surface area contributed by atoms with Gasteiger partial charge in [0, 0.05) is 23.6 Å². The van der Waals surface area contributed by atoms with Crippen molar-refractivity contribution in [3.05, 3.63) is 22.7 Å². The number of benzene rings is 1. The average molecular weight is 371 g/mol. The van der Waals surface area contributed by atoms with Gasteiger partial charge in [0.25, 0.3) is 0 Å². The SMILES string of the molecule is [2H]c1c(C)c(OC)c2c3c1C(C)[C@@H]1[C@@H]4CCC(=O)[C@H](O2)[C@]34C(C)C(C)(C)N1C. The first-order chi connectivity index (χ1) is 13.1. The second-order valence-electron chi connectivity index (χ2n) is 9.71. The number of rotatable bonds is 1. The molecule has 27 heavy (non-hydrogen) atoms. The van der Waals surface area contributed by atoms with Crippen LogP contribution in [0.2, 0.25) is 0 Å². The van der Waals surface area contributed by atoms with Crippen LogP contribution in [-0.2, 0) is 10.2 Å². The molecular weight excluding hydrogens is 338 g/mol. The zero-order valence-corrected chi connectivity index (χ0v) is 17.5. The summed E-state index contributed by atoms with van der Waals surface area (Å²) in [5.74, 6) is 2.41. The van der Waals surface area contributed by atoms with Crippen LogP contribution in [0, 0.1) is 18.8 Å². The summed E-state index contributed by atoms with van der Waals surface area (Å²) in [5.41, 5.74) is 2.59. The van der Waals surface area contributed by atoms with Gasteiger partial charge in [-0.2, -0.15) is 0 Å². The Kier molecular flexibility index (Phi) is 3.09. The van der Waals surface area contributed by atoms with Gasteiger partial charge in [0.15, 0.2) is 23.4 Å². The lowest BCUT2D eigenvalue weighted by Crippen LogP contribution is -2.75. The fourth-order valence-corrected chi connectivity index (χ4v) is 7.20. The maximum atomic E-state index is 13.2. The van der Waals surface area contributed by atoms with Crippen molar-refractivity contribution in [2.24, 2.45) is 11.8 Å². The van der Waals surface area contributed by atoms with Crippen molar-refractivity contribution in [2.45, 2.75) is 76.5 Å². The third-order valence-electron chi connectivity index (χ3n) is 8.79. The molecule has 1 saturated heterocycles. The molecule has 2 heterocycles. The molecule has 146 valence electrons. The Bertz CT molecular complexity index is 910. The van der Waals surface area contributed by atoms with Crippen LogP contribution in [0.25, 0.3) is 0 Å². The van der Waals surface area contributed by atoms with Crippen LogP contribution in [0.1, 0.15) is 64.5 Å². The van der Waals surface area contributed by atoms with Crippen LogP contribution in [0.4, 0.5) is 0 Å². The van der Waals surface area contributed by atoms with Crippen molar-refractivity contribution in [1.29, 1.82) is 0 Å². The first kappa shape index (κ1) is 16.4. The zero-order chi connectivity index (χ0) is 20.3. The maximum absolute atomic E-state index is 13.2. The molecule has 1 aromatic carbocycles. The third-order valence-corrected chi connectivity index (χ3v) is 8.79. The van der Waals surface area contributed by atoms with E-state index >= 15 is 0 Å². The molecule has 0 aromatic heterocycles. The molecule has 1 spiro atoms. The highest BCUT2D eigenvalue weighted by molar-refractivity contribution is 5.89. The third kappa shape index (κ3) is 1.69. The molecule has 2 aliphatic carbocycles. The first-order valence-corrected chi connectivity index (χ1v) is 10.3. The van der Waals surface area contributed by atoms with Gasteiger partial charge in [-0.25, -0.2) is 0 Å². The van der Waals surface area contributed by atoms with E-state index in [1.807, 2.05) is 6.92 Å². The quantitative estimate of drug-likeness (QED) is 0.753. The van der Waals surface area contributed by atoms with Gasteiger partial charge in [-0.1, -0.05) is 19.9 Å².